The summed E-state index contributed by atoms with van der Waals surface area (Å²) in [5.74, 6) is 0. The second kappa shape index (κ2) is 11.8. The van der Waals surface area contributed by atoms with Crippen LogP contribution in [0, 0.1) is 0 Å². The Bertz CT molecular complexity index is 460. The molecule has 0 amide bonds. The van der Waals surface area contributed by atoms with E-state index in [1.807, 2.05) is 13.8 Å². The molecule has 0 aromatic rings. The van der Waals surface area contributed by atoms with Gasteiger partial charge in [0.15, 0.2) is 6.29 Å². The van der Waals surface area contributed by atoms with Crippen LogP contribution in [-0.4, -0.2) is 95.7 Å². The van der Waals surface area contributed by atoms with Crippen LogP contribution in [0.25, 0.3) is 0 Å². The third kappa shape index (κ3) is 8.41. The molecule has 0 aliphatic carbocycles. The van der Waals surface area contributed by atoms with Crippen LogP contribution in [0.2, 0.25) is 0 Å². The van der Waals surface area contributed by atoms with Gasteiger partial charge in [0, 0.05) is 0 Å². The van der Waals surface area contributed by atoms with Crippen molar-refractivity contribution in [3.63, 3.8) is 0 Å². The first-order valence-corrected chi connectivity index (χ1v) is 10.7. The van der Waals surface area contributed by atoms with Gasteiger partial charge >= 0.3 is 7.60 Å². The molecule has 0 bridgehead atoms. The van der Waals surface area contributed by atoms with Gasteiger partial charge in [-0.25, -0.2) is 0 Å². The molecule has 1 fully saturated rings. The highest BCUT2D eigenvalue weighted by Gasteiger charge is 2.44. The summed E-state index contributed by atoms with van der Waals surface area (Å²) in [6, 6.07) is 0. The molecule has 1 aliphatic rings. The van der Waals surface area contributed by atoms with Crippen molar-refractivity contribution in [1.29, 1.82) is 0 Å². The van der Waals surface area contributed by atoms with Crippen LogP contribution in [0.1, 0.15) is 27.7 Å². The molecule has 1 saturated heterocycles. The average molecular weight is 416 g/mol. The van der Waals surface area contributed by atoms with Crippen LogP contribution < -0.4 is 0 Å². The lowest BCUT2D eigenvalue weighted by atomic mass is 9.99. The van der Waals surface area contributed by atoms with Crippen molar-refractivity contribution in [3.05, 3.63) is 0 Å². The van der Waals surface area contributed by atoms with Crippen LogP contribution in [0.5, 0.6) is 0 Å². The second-order valence-corrected chi connectivity index (χ2v) is 9.29. The van der Waals surface area contributed by atoms with Gasteiger partial charge in [-0.2, -0.15) is 0 Å². The topological polar surface area (TPSA) is 144 Å². The highest BCUT2D eigenvalue weighted by atomic mass is 31.2. The second-order valence-electron chi connectivity index (χ2n) is 6.87. The minimum atomic E-state index is -3.61. The molecule has 162 valence electrons. The predicted octanol–water partition coefficient (Wildman–Crippen LogP) is -0.137. The van der Waals surface area contributed by atoms with Crippen molar-refractivity contribution in [2.75, 3.05) is 33.0 Å². The number of ether oxygens (including phenoxy) is 4. The Kier molecular flexibility index (Phi) is 10.9. The first-order valence-electron chi connectivity index (χ1n) is 9.04. The van der Waals surface area contributed by atoms with Gasteiger partial charge in [0.25, 0.3) is 0 Å². The van der Waals surface area contributed by atoms with Gasteiger partial charge < -0.3 is 43.7 Å². The molecule has 4 N–H and O–H groups in total. The Morgan fingerprint density at radius 2 is 1.59 bits per heavy atom. The van der Waals surface area contributed by atoms with Gasteiger partial charge in [0.1, 0.15) is 24.4 Å². The molecule has 11 heteroatoms. The van der Waals surface area contributed by atoms with Gasteiger partial charge in [-0.1, -0.05) is 13.8 Å². The van der Waals surface area contributed by atoms with E-state index in [9.17, 15) is 24.8 Å². The fourth-order valence-corrected chi connectivity index (χ4v) is 2.81. The van der Waals surface area contributed by atoms with E-state index in [-0.39, 0.29) is 39.1 Å². The molecule has 1 aliphatic heterocycles. The van der Waals surface area contributed by atoms with Gasteiger partial charge in [0.2, 0.25) is 0 Å². The number of hydrogen-bond acceptors (Lipinski definition) is 9. The number of rotatable bonds is 12. The van der Waals surface area contributed by atoms with E-state index in [1.54, 1.807) is 13.8 Å². The van der Waals surface area contributed by atoms with Crippen molar-refractivity contribution < 1.29 is 48.2 Å². The Balaban J connectivity index is 2.29. The molecule has 0 aromatic heterocycles. The molecule has 6 atom stereocenters. The van der Waals surface area contributed by atoms with E-state index < -0.39 is 44.0 Å². The van der Waals surface area contributed by atoms with Crippen molar-refractivity contribution in [2.45, 2.75) is 70.2 Å². The highest BCUT2D eigenvalue weighted by Crippen LogP contribution is 2.46. The summed E-state index contributed by atoms with van der Waals surface area (Å²) in [4.78, 5) is 9.50. The van der Waals surface area contributed by atoms with E-state index in [2.05, 4.69) is 0 Å². The molecule has 27 heavy (non-hydrogen) atoms. The summed E-state index contributed by atoms with van der Waals surface area (Å²) in [7, 11) is -3.61. The molecular formula is C16H33O10P. The van der Waals surface area contributed by atoms with Crippen molar-refractivity contribution in [2.24, 2.45) is 0 Å². The zero-order chi connectivity index (χ0) is 20.6. The highest BCUT2D eigenvalue weighted by molar-refractivity contribution is 7.53. The van der Waals surface area contributed by atoms with E-state index in [1.165, 1.54) is 0 Å². The van der Waals surface area contributed by atoms with Crippen molar-refractivity contribution in [3.8, 4) is 0 Å². The van der Waals surface area contributed by atoms with Crippen LogP contribution in [0.4, 0.5) is 0 Å². The van der Waals surface area contributed by atoms with E-state index in [0.29, 0.717) is 0 Å². The molecule has 0 spiro atoms. The summed E-state index contributed by atoms with van der Waals surface area (Å²) in [5.41, 5.74) is -0.486. The first-order chi connectivity index (χ1) is 12.6. The van der Waals surface area contributed by atoms with Gasteiger partial charge in [-0.05, 0) is 13.8 Å². The number of aliphatic hydroxyl groups is 3. The Morgan fingerprint density at radius 1 is 0.963 bits per heavy atom. The first kappa shape index (κ1) is 24.9. The lowest BCUT2D eigenvalue weighted by molar-refractivity contribution is -0.305. The quantitative estimate of drug-likeness (QED) is 0.251. The van der Waals surface area contributed by atoms with Gasteiger partial charge in [-0.15, -0.1) is 0 Å². The molecule has 1 heterocycles. The molecule has 1 rings (SSSR count). The minimum Gasteiger partial charge on any atom is -0.387 e. The standard InChI is InChI=1S/C16H33O10P/c1-10(2)24-9-12-13(17)14(18)15(19)16(26-12)23-7-5-22-6-8-25-27(20,21)11(3)4/h10-19H,5-9H2,1-4H3,(H,20,21). The maximum atomic E-state index is 11.6. The van der Waals surface area contributed by atoms with Crippen LogP contribution in [0.15, 0.2) is 0 Å². The van der Waals surface area contributed by atoms with Crippen molar-refractivity contribution >= 4 is 7.60 Å². The molecule has 0 radical (unpaired) electrons. The molecule has 0 aromatic carbocycles. The van der Waals surface area contributed by atoms with Gasteiger partial charge in [0.05, 0.1) is 44.8 Å². The maximum absolute atomic E-state index is 11.6. The van der Waals surface area contributed by atoms with E-state index in [4.69, 9.17) is 23.5 Å². The van der Waals surface area contributed by atoms with Crippen LogP contribution in [-0.2, 0) is 28.0 Å². The van der Waals surface area contributed by atoms with Crippen LogP contribution in [0.3, 0.4) is 0 Å². The average Bonchev–Trinajstić information content (AvgIpc) is 2.59. The van der Waals surface area contributed by atoms with E-state index >= 15 is 0 Å². The molecule has 6 unspecified atom stereocenters. The third-order valence-electron chi connectivity index (χ3n) is 3.93. The lowest BCUT2D eigenvalue weighted by Gasteiger charge is -2.40. The molecule has 10 nitrogen and oxygen atoms in total. The van der Waals surface area contributed by atoms with E-state index in [0.717, 1.165) is 0 Å². The Morgan fingerprint density at radius 3 is 2.19 bits per heavy atom. The molecule has 0 saturated carbocycles. The zero-order valence-corrected chi connectivity index (χ0v) is 17.2. The summed E-state index contributed by atoms with van der Waals surface area (Å²) in [6.45, 7) is 7.12. The SMILES string of the molecule is CC(C)OCC1OC(OCCOCCOP(=O)(O)C(C)C)C(O)C(O)C1O. The molecular weight excluding hydrogens is 383 g/mol. The lowest BCUT2D eigenvalue weighted by Crippen LogP contribution is -2.59. The summed E-state index contributed by atoms with van der Waals surface area (Å²) >= 11 is 0. The smallest absolute Gasteiger partial charge is 0.330 e. The largest absolute Gasteiger partial charge is 0.387 e. The zero-order valence-electron chi connectivity index (χ0n) is 16.3. The Labute approximate surface area is 159 Å². The fraction of sp³-hybridized carbons (Fsp3) is 1.00. The normalized spacial score (nSPS) is 31.4. The Hall–Kier alpha value is -0.130. The summed E-state index contributed by atoms with van der Waals surface area (Å²) < 4.78 is 37.9. The minimum absolute atomic E-state index is 0.0337. The summed E-state index contributed by atoms with van der Waals surface area (Å²) in [6.07, 6.45) is -6.17. The van der Waals surface area contributed by atoms with Crippen LogP contribution >= 0.6 is 7.60 Å². The maximum Gasteiger partial charge on any atom is 0.330 e. The van der Waals surface area contributed by atoms with Crippen molar-refractivity contribution in [1.82, 2.24) is 0 Å². The summed E-state index contributed by atoms with van der Waals surface area (Å²) in [5, 5.41) is 29.9. The number of aliphatic hydroxyl groups excluding tert-OH is 3. The third-order valence-corrected chi connectivity index (χ3v) is 5.79. The fourth-order valence-electron chi connectivity index (χ4n) is 2.18. The monoisotopic (exact) mass is 416 g/mol. The van der Waals surface area contributed by atoms with Gasteiger partial charge in [-0.3, -0.25) is 4.57 Å². The number of hydrogen-bond donors (Lipinski definition) is 4. The predicted molar refractivity (Wildman–Crippen MR) is 95.5 cm³/mol.